The standard InChI is InChI=1S/C25H27ClN6O2S/c1-31-13-18(12-28-31)29-24(33)21(10-16-4-2-3-5-16)30-25(34)23-9-7-19(35-23)14-32-15-27-20-11-17(26)6-8-22(20)32/h6-9,11-13,15-16,21H,2-5,10,14H2,1H3,(H,29,33)(H,30,34)/t21-/m0/s1. The Kier molecular flexibility index (Phi) is 6.88. The van der Waals surface area contributed by atoms with Crippen molar-refractivity contribution in [2.45, 2.75) is 44.7 Å². The van der Waals surface area contributed by atoms with Crippen LogP contribution >= 0.6 is 22.9 Å². The van der Waals surface area contributed by atoms with E-state index >= 15 is 0 Å². The molecule has 1 aliphatic rings. The largest absolute Gasteiger partial charge is 0.340 e. The Morgan fingerprint density at radius 2 is 2.06 bits per heavy atom. The molecule has 1 aliphatic carbocycles. The number of nitrogens with zero attached hydrogens (tertiary/aromatic N) is 4. The van der Waals surface area contributed by atoms with Crippen molar-refractivity contribution in [3.63, 3.8) is 0 Å². The second-order valence-electron chi connectivity index (χ2n) is 9.08. The van der Waals surface area contributed by atoms with Crippen LogP contribution in [0.5, 0.6) is 0 Å². The Hall–Kier alpha value is -3.17. The fraction of sp³-hybridized carbons (Fsp3) is 0.360. The molecule has 2 amide bonds. The van der Waals surface area contributed by atoms with Gasteiger partial charge in [-0.15, -0.1) is 11.3 Å². The van der Waals surface area contributed by atoms with Gasteiger partial charge in [-0.05, 0) is 42.7 Å². The van der Waals surface area contributed by atoms with Crippen molar-refractivity contribution in [2.24, 2.45) is 13.0 Å². The van der Waals surface area contributed by atoms with E-state index in [1.165, 1.54) is 24.2 Å². The monoisotopic (exact) mass is 510 g/mol. The number of rotatable bonds is 8. The lowest BCUT2D eigenvalue weighted by Gasteiger charge is -2.21. The van der Waals surface area contributed by atoms with Gasteiger partial charge < -0.3 is 15.2 Å². The van der Waals surface area contributed by atoms with E-state index < -0.39 is 6.04 Å². The van der Waals surface area contributed by atoms with E-state index in [1.807, 2.05) is 34.9 Å². The number of aryl methyl sites for hydroxylation is 1. The number of carbonyl (C=O) groups is 2. The van der Waals surface area contributed by atoms with Gasteiger partial charge in [0.25, 0.3) is 5.91 Å². The van der Waals surface area contributed by atoms with Crippen molar-refractivity contribution in [3.05, 3.63) is 63.8 Å². The first-order valence-electron chi connectivity index (χ1n) is 11.7. The van der Waals surface area contributed by atoms with Gasteiger partial charge in [0.15, 0.2) is 0 Å². The van der Waals surface area contributed by atoms with Crippen molar-refractivity contribution in [1.82, 2.24) is 24.6 Å². The number of benzene rings is 1. The molecule has 2 N–H and O–H groups in total. The summed E-state index contributed by atoms with van der Waals surface area (Å²) in [7, 11) is 1.80. The Labute approximate surface area is 212 Å². The molecule has 1 aromatic carbocycles. The van der Waals surface area contributed by atoms with Crippen LogP contribution in [0, 0.1) is 5.92 Å². The van der Waals surface area contributed by atoms with Crippen LogP contribution in [0.25, 0.3) is 11.0 Å². The van der Waals surface area contributed by atoms with Gasteiger partial charge in [0.2, 0.25) is 5.91 Å². The zero-order chi connectivity index (χ0) is 24.4. The summed E-state index contributed by atoms with van der Waals surface area (Å²) in [5.41, 5.74) is 2.44. The summed E-state index contributed by atoms with van der Waals surface area (Å²) in [6.45, 7) is 0.600. The van der Waals surface area contributed by atoms with E-state index in [1.54, 1.807) is 30.5 Å². The molecule has 0 saturated heterocycles. The molecular formula is C25H27ClN6O2S. The summed E-state index contributed by atoms with van der Waals surface area (Å²) in [6.07, 6.45) is 10.3. The van der Waals surface area contributed by atoms with Gasteiger partial charge in [-0.1, -0.05) is 37.3 Å². The molecule has 1 saturated carbocycles. The van der Waals surface area contributed by atoms with Gasteiger partial charge in [-0.2, -0.15) is 5.10 Å². The minimum atomic E-state index is -0.598. The normalized spacial score (nSPS) is 14.9. The first kappa shape index (κ1) is 23.6. The van der Waals surface area contributed by atoms with Crippen LogP contribution in [0.2, 0.25) is 5.02 Å². The number of carbonyl (C=O) groups excluding carboxylic acids is 2. The molecule has 0 spiro atoms. The molecule has 3 aromatic heterocycles. The molecule has 182 valence electrons. The van der Waals surface area contributed by atoms with Crippen molar-refractivity contribution >= 4 is 51.5 Å². The molecule has 4 aromatic rings. The lowest BCUT2D eigenvalue weighted by molar-refractivity contribution is -0.118. The fourth-order valence-electron chi connectivity index (χ4n) is 4.67. The van der Waals surface area contributed by atoms with Crippen molar-refractivity contribution in [2.75, 3.05) is 5.32 Å². The highest BCUT2D eigenvalue weighted by atomic mass is 35.5. The average Bonchev–Trinajstić information content (AvgIpc) is 3.63. The van der Waals surface area contributed by atoms with Gasteiger partial charge in [0.05, 0.1) is 40.7 Å². The van der Waals surface area contributed by atoms with Gasteiger partial charge in [-0.25, -0.2) is 4.98 Å². The number of nitrogens with one attached hydrogen (secondary N) is 2. The lowest BCUT2D eigenvalue weighted by atomic mass is 9.97. The SMILES string of the molecule is Cn1cc(NC(=O)[C@H](CC2CCCC2)NC(=O)c2ccc(Cn3cnc4cc(Cl)ccc43)s2)cn1. The van der Waals surface area contributed by atoms with E-state index in [0.29, 0.717) is 34.5 Å². The quantitative estimate of drug-likeness (QED) is 0.354. The average molecular weight is 511 g/mol. The molecule has 0 aliphatic heterocycles. The zero-order valence-corrected chi connectivity index (χ0v) is 21.0. The third-order valence-corrected chi connectivity index (χ3v) is 7.74. The number of halogens is 1. The van der Waals surface area contributed by atoms with Gasteiger partial charge >= 0.3 is 0 Å². The highest BCUT2D eigenvalue weighted by molar-refractivity contribution is 7.14. The van der Waals surface area contributed by atoms with E-state index in [-0.39, 0.29) is 11.8 Å². The van der Waals surface area contributed by atoms with E-state index in [9.17, 15) is 9.59 Å². The van der Waals surface area contributed by atoms with Crippen LogP contribution < -0.4 is 10.6 Å². The molecule has 0 unspecified atom stereocenters. The Morgan fingerprint density at radius 3 is 2.83 bits per heavy atom. The predicted octanol–water partition coefficient (Wildman–Crippen LogP) is 4.85. The molecule has 10 heteroatoms. The van der Waals surface area contributed by atoms with Crippen LogP contribution in [0.15, 0.2) is 49.1 Å². The number of fused-ring (bicyclic) bond motifs is 1. The van der Waals surface area contributed by atoms with Crippen molar-refractivity contribution in [1.29, 1.82) is 0 Å². The van der Waals surface area contributed by atoms with Gasteiger partial charge in [0, 0.05) is 23.1 Å². The molecule has 8 nitrogen and oxygen atoms in total. The van der Waals surface area contributed by atoms with Crippen LogP contribution in [0.4, 0.5) is 5.69 Å². The molecule has 5 rings (SSSR count). The summed E-state index contributed by atoms with van der Waals surface area (Å²) >= 11 is 7.49. The summed E-state index contributed by atoms with van der Waals surface area (Å²) in [4.78, 5) is 32.2. The van der Waals surface area contributed by atoms with Crippen LogP contribution in [-0.4, -0.2) is 37.2 Å². The molecule has 1 atom stereocenters. The second kappa shape index (κ2) is 10.2. The molecule has 35 heavy (non-hydrogen) atoms. The molecule has 0 radical (unpaired) electrons. The first-order valence-corrected chi connectivity index (χ1v) is 12.9. The summed E-state index contributed by atoms with van der Waals surface area (Å²) in [5.74, 6) is 0.00769. The first-order chi connectivity index (χ1) is 16.9. The predicted molar refractivity (Wildman–Crippen MR) is 138 cm³/mol. The van der Waals surface area contributed by atoms with Crippen molar-refractivity contribution < 1.29 is 9.59 Å². The highest BCUT2D eigenvalue weighted by Crippen LogP contribution is 2.29. The van der Waals surface area contributed by atoms with Crippen LogP contribution in [-0.2, 0) is 18.4 Å². The fourth-order valence-corrected chi connectivity index (χ4v) is 5.75. The van der Waals surface area contributed by atoms with Crippen molar-refractivity contribution in [3.8, 4) is 0 Å². The highest BCUT2D eigenvalue weighted by Gasteiger charge is 2.27. The molecule has 0 bridgehead atoms. The number of imidazole rings is 1. The maximum Gasteiger partial charge on any atom is 0.262 e. The van der Waals surface area contributed by atoms with Crippen LogP contribution in [0.1, 0.15) is 46.7 Å². The zero-order valence-electron chi connectivity index (χ0n) is 19.4. The number of amides is 2. The summed E-state index contributed by atoms with van der Waals surface area (Å²) in [6, 6.07) is 8.79. The number of thiophene rings is 1. The maximum atomic E-state index is 13.1. The second-order valence-corrected chi connectivity index (χ2v) is 10.7. The van der Waals surface area contributed by atoms with E-state index in [2.05, 4.69) is 20.7 Å². The van der Waals surface area contributed by atoms with E-state index in [0.717, 1.165) is 28.8 Å². The number of anilines is 1. The minimum absolute atomic E-state index is 0.210. The molecule has 3 heterocycles. The Balaban J connectivity index is 1.27. The van der Waals surface area contributed by atoms with Crippen LogP contribution in [0.3, 0.4) is 0 Å². The lowest BCUT2D eigenvalue weighted by Crippen LogP contribution is -2.44. The third-order valence-electron chi connectivity index (χ3n) is 6.43. The number of aromatic nitrogens is 4. The van der Waals surface area contributed by atoms with E-state index in [4.69, 9.17) is 11.6 Å². The third kappa shape index (κ3) is 5.57. The smallest absolute Gasteiger partial charge is 0.262 e. The Bertz CT molecular complexity index is 1350. The van der Waals surface area contributed by atoms with Gasteiger partial charge in [0.1, 0.15) is 6.04 Å². The molecular weight excluding hydrogens is 484 g/mol. The maximum absolute atomic E-state index is 13.1. The number of hydrogen-bond donors (Lipinski definition) is 2. The Morgan fingerprint density at radius 1 is 1.23 bits per heavy atom. The minimum Gasteiger partial charge on any atom is -0.340 e. The number of hydrogen-bond acceptors (Lipinski definition) is 5. The van der Waals surface area contributed by atoms with Gasteiger partial charge in [-0.3, -0.25) is 14.3 Å². The summed E-state index contributed by atoms with van der Waals surface area (Å²) in [5, 5.41) is 10.6. The molecule has 1 fully saturated rings. The topological polar surface area (TPSA) is 93.8 Å². The summed E-state index contributed by atoms with van der Waals surface area (Å²) < 4.78 is 3.66.